The van der Waals surface area contributed by atoms with Gasteiger partial charge in [0, 0.05) is 22.2 Å². The molecule has 36 heavy (non-hydrogen) atoms. The number of nitrogens with zero attached hydrogens (tertiary/aromatic N) is 2. The summed E-state index contributed by atoms with van der Waals surface area (Å²) < 4.78 is 5.49. The lowest BCUT2D eigenvalue weighted by atomic mass is 9.97. The number of hydrazone groups is 1. The number of carbonyl (C=O) groups is 1. The first-order chi connectivity index (χ1) is 17.3. The zero-order valence-electron chi connectivity index (χ0n) is 21.1. The number of aryl methyl sites for hydroxylation is 2. The molecule has 4 rings (SSSR count). The molecule has 0 aliphatic heterocycles. The molecule has 6 nitrogen and oxygen atoms in total. The van der Waals surface area contributed by atoms with Gasteiger partial charge in [0.15, 0.2) is 5.13 Å². The molecule has 1 aromatic heterocycles. The predicted octanol–water partition coefficient (Wildman–Crippen LogP) is 7.07. The minimum Gasteiger partial charge on any atom is -0.496 e. The fourth-order valence-electron chi connectivity index (χ4n) is 3.72. The van der Waals surface area contributed by atoms with Crippen LogP contribution in [0.2, 0.25) is 0 Å². The Kier molecular flexibility index (Phi) is 7.80. The molecular weight excluding hydrogens is 468 g/mol. The fraction of sp³-hybridized carbons (Fsp3) is 0.207. The van der Waals surface area contributed by atoms with Crippen LogP contribution in [0.3, 0.4) is 0 Å². The molecule has 2 N–H and O–H groups in total. The lowest BCUT2D eigenvalue weighted by Crippen LogP contribution is -2.17. The van der Waals surface area contributed by atoms with Crippen LogP contribution >= 0.6 is 11.3 Å². The average molecular weight is 499 g/mol. The van der Waals surface area contributed by atoms with E-state index >= 15 is 0 Å². The van der Waals surface area contributed by atoms with Gasteiger partial charge in [-0.25, -0.2) is 10.4 Å². The Bertz CT molecular complexity index is 1370. The fourth-order valence-corrected chi connectivity index (χ4v) is 4.46. The largest absolute Gasteiger partial charge is 0.496 e. The van der Waals surface area contributed by atoms with E-state index in [2.05, 4.69) is 59.8 Å². The van der Waals surface area contributed by atoms with E-state index in [4.69, 9.17) is 4.74 Å². The number of aromatic nitrogens is 1. The van der Waals surface area contributed by atoms with Crippen molar-refractivity contribution in [2.45, 2.75) is 33.6 Å². The zero-order chi connectivity index (χ0) is 25.7. The second-order valence-electron chi connectivity index (χ2n) is 8.91. The van der Waals surface area contributed by atoms with Crippen LogP contribution in [0.5, 0.6) is 5.75 Å². The molecule has 0 fully saturated rings. The maximum Gasteiger partial charge on any atom is 0.271 e. The normalized spacial score (nSPS) is 11.2. The SMILES string of the molecule is COc1cc(C)c(/C=N\NC(=O)c2ccc(-c3csc(Nc4ccc(C)cc4)n3)cc2)cc1C(C)C. The number of nitrogens with one attached hydrogen (secondary N) is 2. The number of ether oxygens (including phenoxy) is 1. The molecule has 0 radical (unpaired) electrons. The Balaban J connectivity index is 1.40. The van der Waals surface area contributed by atoms with E-state index in [1.807, 2.05) is 42.6 Å². The lowest BCUT2D eigenvalue weighted by molar-refractivity contribution is 0.0955. The monoisotopic (exact) mass is 498 g/mol. The van der Waals surface area contributed by atoms with E-state index in [9.17, 15) is 4.79 Å². The molecule has 1 amide bonds. The second kappa shape index (κ2) is 11.2. The standard InChI is InChI=1S/C29H30N4O2S/c1-18(2)25-15-23(20(4)14-27(25)35-5)16-30-33-28(34)22-10-8-21(9-11-22)26-17-36-29(32-26)31-24-12-6-19(3)7-13-24/h6-18H,1-5H3,(H,31,32)(H,33,34)/b30-16-. The van der Waals surface area contributed by atoms with Crippen LogP contribution < -0.4 is 15.5 Å². The Hall–Kier alpha value is -3.97. The van der Waals surface area contributed by atoms with Gasteiger partial charge in [-0.1, -0.05) is 43.7 Å². The van der Waals surface area contributed by atoms with E-state index in [1.54, 1.807) is 36.8 Å². The van der Waals surface area contributed by atoms with Gasteiger partial charge in [0.1, 0.15) is 5.75 Å². The highest BCUT2D eigenvalue weighted by Crippen LogP contribution is 2.29. The van der Waals surface area contributed by atoms with Crippen LogP contribution in [0, 0.1) is 13.8 Å². The van der Waals surface area contributed by atoms with Gasteiger partial charge >= 0.3 is 0 Å². The summed E-state index contributed by atoms with van der Waals surface area (Å²) in [6, 6.07) is 19.6. The van der Waals surface area contributed by atoms with Gasteiger partial charge in [-0.15, -0.1) is 11.3 Å². The predicted molar refractivity (Wildman–Crippen MR) is 149 cm³/mol. The average Bonchev–Trinajstić information content (AvgIpc) is 3.34. The van der Waals surface area contributed by atoms with Crippen LogP contribution in [-0.2, 0) is 0 Å². The molecule has 0 spiro atoms. The molecule has 0 saturated carbocycles. The number of methoxy groups -OCH3 is 1. The number of carbonyl (C=O) groups excluding carboxylic acids is 1. The van der Waals surface area contributed by atoms with Crippen molar-refractivity contribution in [2.24, 2.45) is 5.10 Å². The maximum absolute atomic E-state index is 12.6. The van der Waals surface area contributed by atoms with Crippen LogP contribution in [0.25, 0.3) is 11.3 Å². The van der Waals surface area contributed by atoms with E-state index in [-0.39, 0.29) is 5.91 Å². The Morgan fingerprint density at radius 1 is 1.06 bits per heavy atom. The van der Waals surface area contributed by atoms with Crippen molar-refractivity contribution < 1.29 is 9.53 Å². The van der Waals surface area contributed by atoms with Gasteiger partial charge in [-0.2, -0.15) is 5.10 Å². The third-order valence-corrected chi connectivity index (χ3v) is 6.62. The Labute approximate surface area is 216 Å². The summed E-state index contributed by atoms with van der Waals surface area (Å²) in [7, 11) is 1.68. The van der Waals surface area contributed by atoms with E-state index in [0.29, 0.717) is 11.5 Å². The minimum absolute atomic E-state index is 0.270. The minimum atomic E-state index is -0.270. The van der Waals surface area contributed by atoms with Gasteiger partial charge in [-0.3, -0.25) is 4.79 Å². The molecule has 0 unspecified atom stereocenters. The van der Waals surface area contributed by atoms with Gasteiger partial charge in [0.25, 0.3) is 5.91 Å². The zero-order valence-corrected chi connectivity index (χ0v) is 21.9. The first-order valence-electron chi connectivity index (χ1n) is 11.8. The lowest BCUT2D eigenvalue weighted by Gasteiger charge is -2.14. The van der Waals surface area contributed by atoms with Gasteiger partial charge in [0.05, 0.1) is 19.0 Å². The van der Waals surface area contributed by atoms with E-state index in [1.165, 1.54) is 5.56 Å². The number of anilines is 2. The molecular formula is C29H30N4O2S. The molecule has 4 aromatic rings. The molecule has 0 aliphatic rings. The first-order valence-corrected chi connectivity index (χ1v) is 12.6. The van der Waals surface area contributed by atoms with Gasteiger partial charge in [-0.05, 0) is 72.9 Å². The number of benzene rings is 3. The number of hydrogen-bond donors (Lipinski definition) is 2. The van der Waals surface area contributed by atoms with Crippen molar-refractivity contribution in [2.75, 3.05) is 12.4 Å². The number of hydrogen-bond acceptors (Lipinski definition) is 6. The summed E-state index contributed by atoms with van der Waals surface area (Å²) >= 11 is 1.54. The van der Waals surface area contributed by atoms with Crippen molar-refractivity contribution >= 4 is 34.3 Å². The Morgan fingerprint density at radius 2 is 1.78 bits per heavy atom. The Morgan fingerprint density at radius 3 is 2.44 bits per heavy atom. The van der Waals surface area contributed by atoms with Gasteiger partial charge < -0.3 is 10.1 Å². The summed E-state index contributed by atoms with van der Waals surface area (Å²) in [5.74, 6) is 0.906. The van der Waals surface area contributed by atoms with Crippen LogP contribution in [0.4, 0.5) is 10.8 Å². The number of rotatable bonds is 8. The summed E-state index contributed by atoms with van der Waals surface area (Å²) in [6.07, 6.45) is 1.67. The summed E-state index contributed by atoms with van der Waals surface area (Å²) in [6.45, 7) is 8.29. The van der Waals surface area contributed by atoms with E-state index in [0.717, 1.165) is 44.5 Å². The second-order valence-corrected chi connectivity index (χ2v) is 9.77. The molecule has 0 bridgehead atoms. The number of thiazole rings is 1. The third kappa shape index (κ3) is 5.98. The smallest absolute Gasteiger partial charge is 0.271 e. The summed E-state index contributed by atoms with van der Waals surface area (Å²) in [5, 5.41) is 10.3. The highest BCUT2D eigenvalue weighted by molar-refractivity contribution is 7.14. The summed E-state index contributed by atoms with van der Waals surface area (Å²) in [4.78, 5) is 17.3. The van der Waals surface area contributed by atoms with Crippen LogP contribution in [0.1, 0.15) is 52.4 Å². The molecule has 3 aromatic carbocycles. The first kappa shape index (κ1) is 25.1. The van der Waals surface area contributed by atoms with Crippen molar-refractivity contribution in [1.82, 2.24) is 10.4 Å². The molecule has 0 saturated heterocycles. The quantitative estimate of drug-likeness (QED) is 0.201. The van der Waals surface area contributed by atoms with Crippen LogP contribution in [0.15, 0.2) is 71.1 Å². The maximum atomic E-state index is 12.6. The highest BCUT2D eigenvalue weighted by Gasteiger charge is 2.11. The molecule has 184 valence electrons. The van der Waals surface area contributed by atoms with Crippen molar-refractivity contribution in [1.29, 1.82) is 0 Å². The number of amides is 1. The van der Waals surface area contributed by atoms with Gasteiger partial charge in [0.2, 0.25) is 0 Å². The third-order valence-electron chi connectivity index (χ3n) is 5.86. The molecule has 0 atom stereocenters. The van der Waals surface area contributed by atoms with Crippen molar-refractivity contribution in [3.05, 3.63) is 93.9 Å². The summed E-state index contributed by atoms with van der Waals surface area (Å²) in [5.41, 5.74) is 10.2. The van der Waals surface area contributed by atoms with Crippen LogP contribution in [-0.4, -0.2) is 24.2 Å². The molecule has 1 heterocycles. The highest BCUT2D eigenvalue weighted by atomic mass is 32.1. The van der Waals surface area contributed by atoms with Crippen molar-refractivity contribution in [3.63, 3.8) is 0 Å². The molecule has 7 heteroatoms. The van der Waals surface area contributed by atoms with E-state index < -0.39 is 0 Å². The topological polar surface area (TPSA) is 75.6 Å². The molecule has 0 aliphatic carbocycles. The van der Waals surface area contributed by atoms with Crippen molar-refractivity contribution in [3.8, 4) is 17.0 Å².